The Labute approximate surface area is 190 Å². The highest BCUT2D eigenvalue weighted by Gasteiger charge is 2.28. The van der Waals surface area contributed by atoms with Gasteiger partial charge >= 0.3 is 0 Å². The molecule has 0 radical (unpaired) electrons. The van der Waals surface area contributed by atoms with Gasteiger partial charge < -0.3 is 15.0 Å². The van der Waals surface area contributed by atoms with E-state index in [9.17, 15) is 9.59 Å². The molecule has 0 unspecified atom stereocenters. The van der Waals surface area contributed by atoms with Crippen LogP contribution in [-0.4, -0.2) is 35.4 Å². The number of hydrogen-bond donors (Lipinski definition) is 1. The molecular formula is C25H33ClN2O3. The average molecular weight is 445 g/mol. The lowest BCUT2D eigenvalue weighted by Crippen LogP contribution is -2.50. The Balaban J connectivity index is 2.05. The molecule has 31 heavy (non-hydrogen) atoms. The maximum Gasteiger partial charge on any atom is 0.243 e. The molecule has 0 saturated carbocycles. The van der Waals surface area contributed by atoms with Gasteiger partial charge in [0.05, 0.1) is 6.61 Å². The van der Waals surface area contributed by atoms with Gasteiger partial charge in [-0.15, -0.1) is 0 Å². The summed E-state index contributed by atoms with van der Waals surface area (Å²) in [5.41, 5.74) is 2.14. The Morgan fingerprint density at radius 1 is 1.13 bits per heavy atom. The van der Waals surface area contributed by atoms with E-state index in [0.29, 0.717) is 37.4 Å². The lowest BCUT2D eigenvalue weighted by Gasteiger charge is -2.31. The van der Waals surface area contributed by atoms with Crippen LogP contribution in [-0.2, 0) is 16.1 Å². The summed E-state index contributed by atoms with van der Waals surface area (Å²) in [7, 11) is 0. The molecule has 2 aromatic carbocycles. The van der Waals surface area contributed by atoms with Crippen LogP contribution in [0.4, 0.5) is 0 Å². The first kappa shape index (κ1) is 24.7. The number of ether oxygens (including phenoxy) is 1. The number of aryl methyl sites for hydroxylation is 1. The van der Waals surface area contributed by atoms with E-state index in [1.54, 1.807) is 29.2 Å². The van der Waals surface area contributed by atoms with E-state index >= 15 is 0 Å². The fourth-order valence-electron chi connectivity index (χ4n) is 3.40. The molecule has 0 bridgehead atoms. The van der Waals surface area contributed by atoms with Crippen LogP contribution in [0.25, 0.3) is 0 Å². The molecule has 0 aliphatic rings. The summed E-state index contributed by atoms with van der Waals surface area (Å²) in [6.07, 6.45) is 1.43. The SMILES string of the molecule is CC[C@@H](C(=O)NC(C)C)N(Cc1cccc(C)c1)C(=O)CCCOc1ccc(Cl)cc1. The first-order valence-corrected chi connectivity index (χ1v) is 11.2. The predicted molar refractivity (Wildman–Crippen MR) is 125 cm³/mol. The molecule has 0 aromatic heterocycles. The van der Waals surface area contributed by atoms with Gasteiger partial charge in [-0.05, 0) is 63.4 Å². The van der Waals surface area contributed by atoms with E-state index in [0.717, 1.165) is 16.9 Å². The summed E-state index contributed by atoms with van der Waals surface area (Å²) >= 11 is 5.89. The Morgan fingerprint density at radius 2 is 1.84 bits per heavy atom. The third-order valence-electron chi connectivity index (χ3n) is 4.87. The van der Waals surface area contributed by atoms with Crippen LogP contribution in [0.1, 0.15) is 51.2 Å². The summed E-state index contributed by atoms with van der Waals surface area (Å²) in [5.74, 6) is 0.555. The van der Waals surface area contributed by atoms with E-state index in [4.69, 9.17) is 16.3 Å². The molecule has 2 rings (SSSR count). The van der Waals surface area contributed by atoms with Crippen LogP contribution in [0.15, 0.2) is 48.5 Å². The number of benzene rings is 2. The van der Waals surface area contributed by atoms with Crippen LogP contribution in [0, 0.1) is 6.92 Å². The highest BCUT2D eigenvalue weighted by atomic mass is 35.5. The second-order valence-electron chi connectivity index (χ2n) is 8.00. The molecular weight excluding hydrogens is 412 g/mol. The van der Waals surface area contributed by atoms with Crippen molar-refractivity contribution in [1.29, 1.82) is 0 Å². The van der Waals surface area contributed by atoms with Gasteiger partial charge in [0.2, 0.25) is 11.8 Å². The molecule has 0 aliphatic heterocycles. The fraction of sp³-hybridized carbons (Fsp3) is 0.440. The minimum absolute atomic E-state index is 0.0187. The van der Waals surface area contributed by atoms with Crippen molar-refractivity contribution in [3.63, 3.8) is 0 Å². The number of halogens is 1. The number of hydrogen-bond acceptors (Lipinski definition) is 3. The number of carbonyl (C=O) groups excluding carboxylic acids is 2. The second kappa shape index (κ2) is 12.4. The Hall–Kier alpha value is -2.53. The number of nitrogens with zero attached hydrogens (tertiary/aromatic N) is 1. The standard InChI is InChI=1S/C25H33ClN2O3/c1-5-23(25(30)27-18(2)3)28(17-20-9-6-8-19(4)16-20)24(29)10-7-15-31-22-13-11-21(26)12-14-22/h6,8-9,11-14,16,18,23H,5,7,10,15,17H2,1-4H3,(H,27,30)/t23-/m0/s1. The van der Waals surface area contributed by atoms with E-state index in [-0.39, 0.29) is 17.9 Å². The van der Waals surface area contributed by atoms with Crippen molar-refractivity contribution >= 4 is 23.4 Å². The second-order valence-corrected chi connectivity index (χ2v) is 8.44. The van der Waals surface area contributed by atoms with Crippen LogP contribution in [0.3, 0.4) is 0 Å². The smallest absolute Gasteiger partial charge is 0.243 e. The molecule has 0 saturated heterocycles. The molecule has 1 N–H and O–H groups in total. The number of nitrogens with one attached hydrogen (secondary N) is 1. The summed E-state index contributed by atoms with van der Waals surface area (Å²) in [6, 6.07) is 14.7. The molecule has 0 heterocycles. The van der Waals surface area contributed by atoms with Gasteiger partial charge in [0, 0.05) is 24.0 Å². The van der Waals surface area contributed by atoms with E-state index in [1.807, 2.05) is 45.9 Å². The van der Waals surface area contributed by atoms with E-state index in [2.05, 4.69) is 11.4 Å². The maximum absolute atomic E-state index is 13.2. The number of carbonyl (C=O) groups is 2. The topological polar surface area (TPSA) is 58.6 Å². The zero-order valence-electron chi connectivity index (χ0n) is 18.9. The zero-order chi connectivity index (χ0) is 22.8. The fourth-order valence-corrected chi connectivity index (χ4v) is 3.52. The Bertz CT molecular complexity index is 852. The molecule has 0 spiro atoms. The van der Waals surface area contributed by atoms with Gasteiger partial charge in [-0.1, -0.05) is 48.4 Å². The van der Waals surface area contributed by atoms with Crippen molar-refractivity contribution in [3.05, 3.63) is 64.7 Å². The van der Waals surface area contributed by atoms with Crippen molar-refractivity contribution in [2.75, 3.05) is 6.61 Å². The highest BCUT2D eigenvalue weighted by molar-refractivity contribution is 6.30. The van der Waals surface area contributed by atoms with Crippen LogP contribution >= 0.6 is 11.6 Å². The van der Waals surface area contributed by atoms with Gasteiger partial charge in [-0.2, -0.15) is 0 Å². The lowest BCUT2D eigenvalue weighted by atomic mass is 10.1. The summed E-state index contributed by atoms with van der Waals surface area (Å²) < 4.78 is 5.70. The number of rotatable bonds is 11. The van der Waals surface area contributed by atoms with Crippen LogP contribution in [0.5, 0.6) is 5.75 Å². The normalized spacial score (nSPS) is 11.8. The minimum Gasteiger partial charge on any atom is -0.494 e. The van der Waals surface area contributed by atoms with Crippen LogP contribution in [0.2, 0.25) is 5.02 Å². The maximum atomic E-state index is 13.2. The molecule has 0 fully saturated rings. The van der Waals surface area contributed by atoms with Gasteiger partial charge in [-0.3, -0.25) is 9.59 Å². The van der Waals surface area contributed by atoms with Crippen LogP contribution < -0.4 is 10.1 Å². The van der Waals surface area contributed by atoms with Gasteiger partial charge in [0.15, 0.2) is 0 Å². The highest BCUT2D eigenvalue weighted by Crippen LogP contribution is 2.17. The molecule has 6 heteroatoms. The van der Waals surface area contributed by atoms with Crippen molar-refractivity contribution in [2.45, 2.75) is 65.6 Å². The largest absolute Gasteiger partial charge is 0.494 e. The van der Waals surface area contributed by atoms with Gasteiger partial charge in [-0.25, -0.2) is 0 Å². The first-order valence-electron chi connectivity index (χ1n) is 10.8. The third-order valence-corrected chi connectivity index (χ3v) is 5.12. The predicted octanol–water partition coefficient (Wildman–Crippen LogP) is 5.14. The first-order chi connectivity index (χ1) is 14.8. The van der Waals surface area contributed by atoms with Crippen molar-refractivity contribution < 1.29 is 14.3 Å². The summed E-state index contributed by atoms with van der Waals surface area (Å²) in [5, 5.41) is 3.60. The summed E-state index contributed by atoms with van der Waals surface area (Å²) in [4.78, 5) is 27.6. The Kier molecular flexibility index (Phi) is 9.86. The molecule has 5 nitrogen and oxygen atoms in total. The zero-order valence-corrected chi connectivity index (χ0v) is 19.6. The van der Waals surface area contributed by atoms with Crippen molar-refractivity contribution in [1.82, 2.24) is 10.2 Å². The molecule has 168 valence electrons. The Morgan fingerprint density at radius 3 is 2.45 bits per heavy atom. The molecule has 2 amide bonds. The number of amides is 2. The molecule has 1 atom stereocenters. The van der Waals surface area contributed by atoms with E-state index < -0.39 is 6.04 Å². The monoisotopic (exact) mass is 444 g/mol. The van der Waals surface area contributed by atoms with E-state index in [1.165, 1.54) is 0 Å². The summed E-state index contributed by atoms with van der Waals surface area (Å²) in [6.45, 7) is 8.62. The lowest BCUT2D eigenvalue weighted by molar-refractivity contribution is -0.141. The van der Waals surface area contributed by atoms with Crippen molar-refractivity contribution in [2.24, 2.45) is 0 Å². The third kappa shape index (κ3) is 8.25. The quantitative estimate of drug-likeness (QED) is 0.488. The average Bonchev–Trinajstić information content (AvgIpc) is 2.71. The molecule has 2 aromatic rings. The minimum atomic E-state index is -0.507. The molecule has 0 aliphatic carbocycles. The van der Waals surface area contributed by atoms with Gasteiger partial charge in [0.1, 0.15) is 11.8 Å². The van der Waals surface area contributed by atoms with Crippen molar-refractivity contribution in [3.8, 4) is 5.75 Å². The van der Waals surface area contributed by atoms with Gasteiger partial charge in [0.25, 0.3) is 0 Å².